The molecule has 2 bridgehead atoms. The summed E-state index contributed by atoms with van der Waals surface area (Å²) in [6.07, 6.45) is 0. The predicted molar refractivity (Wildman–Crippen MR) is 34.3 cm³/mol. The van der Waals surface area contributed by atoms with Crippen LogP contribution in [0.1, 0.15) is 6.92 Å². The van der Waals surface area contributed by atoms with Gasteiger partial charge in [0, 0.05) is 5.41 Å². The second-order valence-corrected chi connectivity index (χ2v) is 3.34. The van der Waals surface area contributed by atoms with Crippen LogP contribution in [0.4, 0.5) is 0 Å². The largest absolute Gasteiger partial charge is 0.379 e. The molecule has 0 aliphatic carbocycles. The average Bonchev–Trinajstić information content (AvgIpc) is 2.07. The fourth-order valence-corrected chi connectivity index (χ4v) is 1.15. The van der Waals surface area contributed by atoms with Crippen molar-refractivity contribution in [1.82, 2.24) is 0 Å². The fraction of sp³-hybridized carbons (Fsp3) is 0.857. The van der Waals surface area contributed by atoms with Crippen molar-refractivity contribution in [2.24, 2.45) is 5.41 Å². The third-order valence-electron chi connectivity index (χ3n) is 1.97. The van der Waals surface area contributed by atoms with Crippen molar-refractivity contribution in [2.75, 3.05) is 19.8 Å². The summed E-state index contributed by atoms with van der Waals surface area (Å²) in [5.41, 5.74) is -0.0569. The second-order valence-electron chi connectivity index (χ2n) is 3.34. The minimum Gasteiger partial charge on any atom is -0.315 e. The lowest BCUT2D eigenvalue weighted by Crippen LogP contribution is -2.58. The number of hydrogen-bond donors (Lipinski definition) is 0. The maximum atomic E-state index is 8.63. The Labute approximate surface area is 64.7 Å². The summed E-state index contributed by atoms with van der Waals surface area (Å²) in [6.45, 7) is 3.63. The number of rotatable bonds is 0. The first-order chi connectivity index (χ1) is 5.18. The van der Waals surface area contributed by atoms with E-state index in [0.29, 0.717) is 19.8 Å². The minimum absolute atomic E-state index is 0.0569. The van der Waals surface area contributed by atoms with E-state index in [2.05, 4.69) is 0 Å². The van der Waals surface area contributed by atoms with E-state index in [-0.39, 0.29) is 5.41 Å². The lowest BCUT2D eigenvalue weighted by molar-refractivity contribution is -0.436. The predicted octanol–water partition coefficient (Wildman–Crippen LogP) is 0.247. The van der Waals surface area contributed by atoms with Crippen LogP contribution in [0, 0.1) is 16.7 Å². The lowest BCUT2D eigenvalue weighted by Gasteiger charge is -2.46. The highest BCUT2D eigenvalue weighted by atomic mass is 16.9. The highest BCUT2D eigenvalue weighted by Crippen LogP contribution is 2.37. The first kappa shape index (κ1) is 7.04. The molecular formula is C7H9NO3. The van der Waals surface area contributed by atoms with E-state index < -0.39 is 5.97 Å². The van der Waals surface area contributed by atoms with Crippen LogP contribution >= 0.6 is 0 Å². The molecule has 0 N–H and O–H groups in total. The van der Waals surface area contributed by atoms with Crippen molar-refractivity contribution in [3.05, 3.63) is 0 Å². The highest BCUT2D eigenvalue weighted by Gasteiger charge is 2.50. The molecule has 3 aliphatic rings. The quantitative estimate of drug-likeness (QED) is 0.503. The topological polar surface area (TPSA) is 51.5 Å². The summed E-state index contributed by atoms with van der Waals surface area (Å²) in [4.78, 5) is 0. The highest BCUT2D eigenvalue weighted by molar-refractivity contribution is 4.95. The van der Waals surface area contributed by atoms with Crippen molar-refractivity contribution in [2.45, 2.75) is 12.9 Å². The molecular weight excluding hydrogens is 146 g/mol. The molecule has 3 heterocycles. The molecule has 0 unspecified atom stereocenters. The van der Waals surface area contributed by atoms with Crippen molar-refractivity contribution >= 4 is 0 Å². The maximum Gasteiger partial charge on any atom is 0.379 e. The zero-order chi connectivity index (χ0) is 7.95. The Morgan fingerprint density at radius 3 is 2.00 bits per heavy atom. The standard InChI is InChI=1S/C7H9NO3/c1-6-3-9-7(2-8,10-4-6)11-5-6/h3-5H2,1H3. The zero-order valence-electron chi connectivity index (χ0n) is 6.29. The van der Waals surface area contributed by atoms with Gasteiger partial charge in [0.05, 0.1) is 19.8 Å². The van der Waals surface area contributed by atoms with Gasteiger partial charge in [-0.1, -0.05) is 6.92 Å². The maximum absolute atomic E-state index is 8.63. The summed E-state index contributed by atoms with van der Waals surface area (Å²) in [5.74, 6) is -1.39. The van der Waals surface area contributed by atoms with Crippen molar-refractivity contribution < 1.29 is 14.2 Å². The Balaban J connectivity index is 2.20. The molecule has 0 radical (unpaired) electrons. The van der Waals surface area contributed by atoms with Gasteiger partial charge < -0.3 is 14.2 Å². The van der Waals surface area contributed by atoms with Gasteiger partial charge in [0.2, 0.25) is 0 Å². The molecule has 0 aromatic heterocycles. The van der Waals surface area contributed by atoms with E-state index in [4.69, 9.17) is 19.5 Å². The summed E-state index contributed by atoms with van der Waals surface area (Å²) in [5, 5.41) is 8.63. The molecule has 0 aromatic carbocycles. The van der Waals surface area contributed by atoms with Gasteiger partial charge in [0.1, 0.15) is 0 Å². The minimum atomic E-state index is -1.39. The van der Waals surface area contributed by atoms with Gasteiger partial charge in [-0.15, -0.1) is 0 Å². The smallest absolute Gasteiger partial charge is 0.315 e. The summed E-state index contributed by atoms with van der Waals surface area (Å²) in [7, 11) is 0. The van der Waals surface area contributed by atoms with Gasteiger partial charge in [0.25, 0.3) is 0 Å². The molecule has 3 fully saturated rings. The number of nitriles is 1. The van der Waals surface area contributed by atoms with E-state index >= 15 is 0 Å². The molecule has 60 valence electrons. The van der Waals surface area contributed by atoms with Gasteiger partial charge >= 0.3 is 5.97 Å². The molecule has 0 spiro atoms. The van der Waals surface area contributed by atoms with Crippen LogP contribution in [0.2, 0.25) is 0 Å². The first-order valence-corrected chi connectivity index (χ1v) is 3.51. The lowest BCUT2D eigenvalue weighted by atomic mass is 9.92. The molecule has 4 heteroatoms. The molecule has 3 aliphatic heterocycles. The monoisotopic (exact) mass is 155 g/mol. The van der Waals surface area contributed by atoms with E-state index in [1.807, 2.05) is 13.0 Å². The molecule has 0 amide bonds. The van der Waals surface area contributed by atoms with Gasteiger partial charge in [-0.3, -0.25) is 0 Å². The Kier molecular flexibility index (Phi) is 1.25. The molecule has 3 rings (SSSR count). The van der Waals surface area contributed by atoms with E-state index in [1.165, 1.54) is 0 Å². The van der Waals surface area contributed by atoms with Gasteiger partial charge in [-0.25, -0.2) is 0 Å². The summed E-state index contributed by atoms with van der Waals surface area (Å²) in [6, 6.07) is 1.86. The van der Waals surface area contributed by atoms with E-state index in [0.717, 1.165) is 0 Å². The Hall–Kier alpha value is -0.630. The summed E-state index contributed by atoms with van der Waals surface area (Å²) >= 11 is 0. The van der Waals surface area contributed by atoms with Crippen LogP contribution in [0.5, 0.6) is 0 Å². The van der Waals surface area contributed by atoms with Crippen LogP contribution in [0.15, 0.2) is 0 Å². The Morgan fingerprint density at radius 2 is 1.64 bits per heavy atom. The van der Waals surface area contributed by atoms with Gasteiger partial charge in [0.15, 0.2) is 6.07 Å². The third kappa shape index (κ3) is 0.932. The molecule has 4 nitrogen and oxygen atoms in total. The fourth-order valence-electron chi connectivity index (χ4n) is 1.15. The molecule has 0 saturated carbocycles. The second kappa shape index (κ2) is 1.95. The Morgan fingerprint density at radius 1 is 1.18 bits per heavy atom. The third-order valence-corrected chi connectivity index (χ3v) is 1.97. The summed E-state index contributed by atoms with van der Waals surface area (Å²) < 4.78 is 15.3. The van der Waals surface area contributed by atoms with Crippen molar-refractivity contribution in [1.29, 1.82) is 5.26 Å². The van der Waals surface area contributed by atoms with E-state index in [1.54, 1.807) is 0 Å². The van der Waals surface area contributed by atoms with Crippen LogP contribution < -0.4 is 0 Å². The molecule has 11 heavy (non-hydrogen) atoms. The first-order valence-electron chi connectivity index (χ1n) is 3.51. The SMILES string of the molecule is CC12COC(C#N)(OC1)OC2. The molecule has 3 saturated heterocycles. The van der Waals surface area contributed by atoms with Crippen LogP contribution in [-0.2, 0) is 14.2 Å². The molecule has 0 aromatic rings. The zero-order valence-corrected chi connectivity index (χ0v) is 6.29. The van der Waals surface area contributed by atoms with Crippen LogP contribution in [0.3, 0.4) is 0 Å². The number of fused-ring (bicyclic) bond motifs is 3. The van der Waals surface area contributed by atoms with Gasteiger partial charge in [-0.05, 0) is 0 Å². The van der Waals surface area contributed by atoms with Gasteiger partial charge in [-0.2, -0.15) is 5.26 Å². The van der Waals surface area contributed by atoms with Crippen LogP contribution in [0.25, 0.3) is 0 Å². The normalized spacial score (nSPS) is 48.7. The number of hydrogen-bond acceptors (Lipinski definition) is 4. The number of ether oxygens (including phenoxy) is 3. The van der Waals surface area contributed by atoms with E-state index in [9.17, 15) is 0 Å². The number of nitrogens with zero attached hydrogens (tertiary/aromatic N) is 1. The molecule has 0 atom stereocenters. The van der Waals surface area contributed by atoms with Crippen molar-refractivity contribution in [3.63, 3.8) is 0 Å². The van der Waals surface area contributed by atoms with Crippen LogP contribution in [-0.4, -0.2) is 25.8 Å². The van der Waals surface area contributed by atoms with Crippen molar-refractivity contribution in [3.8, 4) is 6.07 Å². The Bertz CT molecular complexity index is 196. The average molecular weight is 155 g/mol.